The quantitative estimate of drug-likeness (QED) is 0.164. The van der Waals surface area contributed by atoms with Gasteiger partial charge in [-0.25, -0.2) is 4.79 Å². The van der Waals surface area contributed by atoms with Gasteiger partial charge in [-0.1, -0.05) is 81.4 Å². The molecule has 48 heavy (non-hydrogen) atoms. The molecule has 6 rings (SSSR count). The minimum absolute atomic E-state index is 0.111. The summed E-state index contributed by atoms with van der Waals surface area (Å²) in [7, 11) is 0. The van der Waals surface area contributed by atoms with Gasteiger partial charge in [-0.3, -0.25) is 4.79 Å². The van der Waals surface area contributed by atoms with Crippen molar-refractivity contribution >= 4 is 23.9 Å². The van der Waals surface area contributed by atoms with Crippen molar-refractivity contribution in [2.45, 2.75) is 110 Å². The predicted octanol–water partition coefficient (Wildman–Crippen LogP) is 9.84. The summed E-state index contributed by atoms with van der Waals surface area (Å²) in [6.07, 6.45) is 11.9. The van der Waals surface area contributed by atoms with Crippen LogP contribution >= 0.6 is 11.8 Å². The molecule has 4 aliphatic carbocycles. The molecule has 0 heterocycles. The molecule has 0 saturated heterocycles. The largest absolute Gasteiger partial charge is 0.508 e. The molecule has 10 atom stereocenters. The summed E-state index contributed by atoms with van der Waals surface area (Å²) < 4.78 is 24.0. The summed E-state index contributed by atoms with van der Waals surface area (Å²) in [6.45, 7) is 7.96. The van der Waals surface area contributed by atoms with E-state index in [9.17, 15) is 9.59 Å². The van der Waals surface area contributed by atoms with Gasteiger partial charge in [0.2, 0.25) is 0 Å². The Morgan fingerprint density at radius 3 is 2.17 bits per heavy atom. The topological polar surface area (TPSA) is 71.1 Å². The van der Waals surface area contributed by atoms with Crippen LogP contribution in [-0.4, -0.2) is 36.5 Å². The monoisotopic (exact) mass is 676 g/mol. The molecule has 0 unspecified atom stereocenters. The van der Waals surface area contributed by atoms with Crippen LogP contribution in [-0.2, 0) is 37.0 Å². The summed E-state index contributed by atoms with van der Waals surface area (Å²) in [5.74, 6) is 3.38. The normalized spacial score (nSPS) is 34.6. The van der Waals surface area contributed by atoms with Crippen LogP contribution in [0.25, 0.3) is 0 Å². The van der Waals surface area contributed by atoms with Crippen LogP contribution in [0.1, 0.15) is 96.1 Å². The van der Waals surface area contributed by atoms with Crippen LogP contribution in [0.15, 0.2) is 60.7 Å². The highest BCUT2D eigenvalue weighted by Crippen LogP contribution is 2.69. The Morgan fingerprint density at radius 2 is 1.48 bits per heavy atom. The molecule has 0 bridgehead atoms. The summed E-state index contributed by atoms with van der Waals surface area (Å²) in [6, 6.07) is 19.7. The maximum absolute atomic E-state index is 13.3. The fraction of sp³-hybridized carbons (Fsp3) is 0.659. The molecule has 4 fully saturated rings. The first-order valence-corrected chi connectivity index (χ1v) is 19.8. The lowest BCUT2D eigenvalue weighted by Crippen LogP contribution is -2.59. The minimum Gasteiger partial charge on any atom is -0.461 e. The number of rotatable bonds is 12. The Balaban J connectivity index is 1.15. The second kappa shape index (κ2) is 15.6. The number of hydrogen-bond acceptors (Lipinski definition) is 7. The van der Waals surface area contributed by atoms with Crippen molar-refractivity contribution in [1.29, 1.82) is 0 Å². The smallest absolute Gasteiger partial charge is 0.461 e. The fourth-order valence-corrected chi connectivity index (χ4v) is 11.1. The van der Waals surface area contributed by atoms with Crippen LogP contribution in [0.5, 0.6) is 0 Å². The van der Waals surface area contributed by atoms with E-state index in [1.54, 1.807) is 11.8 Å². The van der Waals surface area contributed by atoms with Gasteiger partial charge in [0.05, 0.1) is 12.0 Å². The molecule has 0 aliphatic heterocycles. The Labute approximate surface area is 292 Å². The number of ether oxygens (including phenoxy) is 4. The van der Waals surface area contributed by atoms with E-state index in [2.05, 4.69) is 27.0 Å². The standard InChI is InChI=1S/C41H56O6S/c1-28(15-18-37(42)44-25-29-11-7-5-8-12-29)33-16-17-34-38-35(20-22-41(33,34)3)40(2)21-19-32(46-27-48-4)23-31(40)24-36(38)47-39(43)45-26-30-13-9-6-10-14-30/h5-14,28,31-36,38H,15-27H2,1-4H3/t28-,31+,32-,33-,34+,35+,36+,38+,40+,41-/m1/s1. The van der Waals surface area contributed by atoms with E-state index < -0.39 is 6.16 Å². The third-order valence-corrected chi connectivity index (χ3v) is 13.7. The fourth-order valence-electron chi connectivity index (χ4n) is 10.8. The van der Waals surface area contributed by atoms with Gasteiger partial charge in [0.15, 0.2) is 0 Å². The first kappa shape index (κ1) is 35.3. The molecule has 4 saturated carbocycles. The lowest BCUT2D eigenvalue weighted by atomic mass is 9.43. The van der Waals surface area contributed by atoms with E-state index in [-0.39, 0.29) is 35.6 Å². The summed E-state index contributed by atoms with van der Waals surface area (Å²) in [5, 5.41) is 0. The lowest BCUT2D eigenvalue weighted by Gasteiger charge is -2.62. The number of benzene rings is 2. The first-order chi connectivity index (χ1) is 23.2. The second-order valence-corrected chi connectivity index (χ2v) is 16.6. The van der Waals surface area contributed by atoms with Gasteiger partial charge in [0.25, 0.3) is 0 Å². The molecule has 2 aromatic rings. The van der Waals surface area contributed by atoms with Crippen LogP contribution in [0.4, 0.5) is 4.79 Å². The van der Waals surface area contributed by atoms with E-state index in [0.29, 0.717) is 48.5 Å². The summed E-state index contributed by atoms with van der Waals surface area (Å²) >= 11 is 1.74. The van der Waals surface area contributed by atoms with Crippen molar-refractivity contribution in [3.63, 3.8) is 0 Å². The number of thioether (sulfide) groups is 1. The van der Waals surface area contributed by atoms with Crippen LogP contribution in [0.3, 0.4) is 0 Å². The zero-order valence-corrected chi connectivity index (χ0v) is 30.3. The van der Waals surface area contributed by atoms with Crippen LogP contribution < -0.4 is 0 Å². The van der Waals surface area contributed by atoms with Gasteiger partial charge in [0.1, 0.15) is 19.3 Å². The number of fused-ring (bicyclic) bond motifs is 5. The van der Waals surface area contributed by atoms with Gasteiger partial charge >= 0.3 is 12.1 Å². The molecule has 262 valence electrons. The maximum atomic E-state index is 13.3. The van der Waals surface area contributed by atoms with Crippen molar-refractivity contribution in [3.8, 4) is 0 Å². The van der Waals surface area contributed by atoms with E-state index in [0.717, 1.165) is 49.2 Å². The highest BCUT2D eigenvalue weighted by molar-refractivity contribution is 7.98. The lowest BCUT2D eigenvalue weighted by molar-refractivity contribution is -0.182. The van der Waals surface area contributed by atoms with Crippen molar-refractivity contribution in [3.05, 3.63) is 71.8 Å². The molecule has 0 aromatic heterocycles. The van der Waals surface area contributed by atoms with Gasteiger partial charge in [0, 0.05) is 12.3 Å². The van der Waals surface area contributed by atoms with Crippen LogP contribution in [0.2, 0.25) is 0 Å². The molecular weight excluding hydrogens is 621 g/mol. The number of carbonyl (C=O) groups is 2. The minimum atomic E-state index is -0.540. The Hall–Kier alpha value is -2.51. The van der Waals surface area contributed by atoms with Crippen molar-refractivity contribution in [1.82, 2.24) is 0 Å². The molecule has 0 spiro atoms. The second-order valence-electron chi connectivity index (χ2n) is 15.8. The molecule has 0 N–H and O–H groups in total. The predicted molar refractivity (Wildman–Crippen MR) is 190 cm³/mol. The van der Waals surface area contributed by atoms with E-state index in [4.69, 9.17) is 18.9 Å². The molecular formula is C41H56O6S. The Kier molecular flexibility index (Phi) is 11.5. The maximum Gasteiger partial charge on any atom is 0.508 e. The van der Waals surface area contributed by atoms with Crippen LogP contribution in [0, 0.1) is 46.3 Å². The number of carbonyl (C=O) groups excluding carboxylic acids is 2. The molecule has 0 radical (unpaired) electrons. The zero-order chi connectivity index (χ0) is 33.7. The Bertz CT molecular complexity index is 1350. The first-order valence-electron chi connectivity index (χ1n) is 18.4. The van der Waals surface area contributed by atoms with E-state index in [1.807, 2.05) is 60.7 Å². The van der Waals surface area contributed by atoms with Crippen molar-refractivity contribution in [2.24, 2.45) is 46.3 Å². The third kappa shape index (κ3) is 7.62. The molecule has 7 heteroatoms. The van der Waals surface area contributed by atoms with E-state index >= 15 is 0 Å². The number of hydrogen-bond donors (Lipinski definition) is 0. The third-order valence-electron chi connectivity index (χ3n) is 13.3. The average molecular weight is 677 g/mol. The van der Waals surface area contributed by atoms with Gasteiger partial charge in [-0.15, -0.1) is 11.8 Å². The highest BCUT2D eigenvalue weighted by atomic mass is 32.2. The average Bonchev–Trinajstić information content (AvgIpc) is 3.46. The SMILES string of the molecule is CSCO[C@@H]1CC[C@@]2(C)[C@@H](C1)C[C@H](OC(=O)OCc1ccccc1)[C@@H]1[C@@H]2CC[C@]2(C)[C@@H]([C@H](C)CCC(=O)OCc3ccccc3)CC[C@@H]12. The molecule has 4 aliphatic rings. The summed E-state index contributed by atoms with van der Waals surface area (Å²) in [5.41, 5.74) is 2.37. The molecule has 6 nitrogen and oxygen atoms in total. The van der Waals surface area contributed by atoms with E-state index in [1.165, 1.54) is 25.7 Å². The highest BCUT2D eigenvalue weighted by Gasteiger charge is 2.64. The van der Waals surface area contributed by atoms with Gasteiger partial charge in [-0.2, -0.15) is 0 Å². The van der Waals surface area contributed by atoms with Crippen molar-refractivity contribution < 1.29 is 28.5 Å². The van der Waals surface area contributed by atoms with Crippen molar-refractivity contribution in [2.75, 3.05) is 12.2 Å². The molecule has 2 aromatic carbocycles. The zero-order valence-electron chi connectivity index (χ0n) is 29.4. The van der Waals surface area contributed by atoms with Gasteiger partial charge < -0.3 is 18.9 Å². The van der Waals surface area contributed by atoms with Gasteiger partial charge in [-0.05, 0) is 116 Å². The molecule has 0 amide bonds. The Morgan fingerprint density at radius 1 is 0.833 bits per heavy atom. The summed E-state index contributed by atoms with van der Waals surface area (Å²) in [4.78, 5) is 26.1. The number of esters is 1.